The van der Waals surface area contributed by atoms with E-state index in [4.69, 9.17) is 9.52 Å². The lowest BCUT2D eigenvalue weighted by atomic mass is 10.3. The van der Waals surface area contributed by atoms with E-state index in [9.17, 15) is 4.79 Å². The fraction of sp³-hybridized carbons (Fsp3) is 0.545. The molecule has 0 atom stereocenters. The second kappa shape index (κ2) is 7.03. The molecule has 90 valence electrons. The Balaban J connectivity index is 2.09. The van der Waals surface area contributed by atoms with E-state index in [1.807, 2.05) is 6.07 Å². The molecule has 0 unspecified atom stereocenters. The van der Waals surface area contributed by atoms with E-state index in [-0.39, 0.29) is 12.6 Å². The van der Waals surface area contributed by atoms with Gasteiger partial charge < -0.3 is 19.6 Å². The van der Waals surface area contributed by atoms with Crippen LogP contribution in [0.2, 0.25) is 0 Å². The maximum atomic E-state index is 10.8. The molecule has 1 aromatic rings. The molecule has 0 aliphatic heterocycles. The molecular weight excluding hydrogens is 210 g/mol. The average molecular weight is 227 g/mol. The number of furan rings is 1. The number of ether oxygens (including phenoxy) is 1. The number of nitrogens with one attached hydrogen (secondary N) is 1. The zero-order valence-electron chi connectivity index (χ0n) is 9.36. The highest BCUT2D eigenvalue weighted by Gasteiger charge is 2.01. The highest BCUT2D eigenvalue weighted by Crippen LogP contribution is 2.06. The van der Waals surface area contributed by atoms with Crippen LogP contribution in [0.4, 0.5) is 0 Å². The molecule has 1 aromatic heterocycles. The van der Waals surface area contributed by atoms with Gasteiger partial charge in [-0.15, -0.1) is 0 Å². The minimum Gasteiger partial charge on any atom is -0.469 e. The Bertz CT molecular complexity index is 322. The zero-order chi connectivity index (χ0) is 11.8. The molecule has 2 N–H and O–H groups in total. The fourth-order valence-corrected chi connectivity index (χ4v) is 1.27. The van der Waals surface area contributed by atoms with Gasteiger partial charge in [0.25, 0.3) is 0 Å². The van der Waals surface area contributed by atoms with Crippen LogP contribution < -0.4 is 5.32 Å². The van der Waals surface area contributed by atoms with Crippen molar-refractivity contribution in [1.29, 1.82) is 0 Å². The summed E-state index contributed by atoms with van der Waals surface area (Å²) in [6.45, 7) is 1.24. The molecule has 0 radical (unpaired) electrons. The maximum Gasteiger partial charge on any atom is 0.305 e. The van der Waals surface area contributed by atoms with Gasteiger partial charge in [0.1, 0.15) is 18.1 Å². The summed E-state index contributed by atoms with van der Waals surface area (Å²) in [6, 6.07) is 3.56. The summed E-state index contributed by atoms with van der Waals surface area (Å²) in [7, 11) is 1.38. The third kappa shape index (κ3) is 4.46. The van der Waals surface area contributed by atoms with Crippen LogP contribution in [0.5, 0.6) is 0 Å². The Morgan fingerprint density at radius 2 is 2.25 bits per heavy atom. The second-order valence-corrected chi connectivity index (χ2v) is 3.38. The Morgan fingerprint density at radius 3 is 2.88 bits per heavy atom. The van der Waals surface area contributed by atoms with E-state index < -0.39 is 0 Å². The van der Waals surface area contributed by atoms with Gasteiger partial charge in [0, 0.05) is 6.42 Å². The van der Waals surface area contributed by atoms with E-state index in [2.05, 4.69) is 10.1 Å². The zero-order valence-corrected chi connectivity index (χ0v) is 9.36. The van der Waals surface area contributed by atoms with Gasteiger partial charge >= 0.3 is 5.97 Å². The number of carbonyl (C=O) groups is 1. The van der Waals surface area contributed by atoms with Crippen LogP contribution in [0.25, 0.3) is 0 Å². The molecule has 0 saturated carbocycles. The van der Waals surface area contributed by atoms with Gasteiger partial charge in [0.05, 0.1) is 13.7 Å². The summed E-state index contributed by atoms with van der Waals surface area (Å²) in [5, 5.41) is 11.9. The van der Waals surface area contributed by atoms with E-state index in [1.165, 1.54) is 7.11 Å². The van der Waals surface area contributed by atoms with Crippen LogP contribution in [0.15, 0.2) is 16.5 Å². The molecule has 0 bridgehead atoms. The number of rotatable bonds is 7. The Hall–Kier alpha value is -1.33. The predicted octanol–water partition coefficient (Wildman–Crippen LogP) is 0.815. The molecule has 0 aromatic carbocycles. The highest BCUT2D eigenvalue weighted by atomic mass is 16.5. The molecule has 0 amide bonds. The van der Waals surface area contributed by atoms with Crippen molar-refractivity contribution in [3.63, 3.8) is 0 Å². The molecule has 5 nitrogen and oxygen atoms in total. The van der Waals surface area contributed by atoms with Crippen LogP contribution in [-0.2, 0) is 22.7 Å². The molecule has 0 aliphatic carbocycles. The van der Waals surface area contributed by atoms with Crippen LogP contribution in [0.3, 0.4) is 0 Å². The molecule has 1 heterocycles. The van der Waals surface area contributed by atoms with Crippen LogP contribution in [0.1, 0.15) is 24.4 Å². The first kappa shape index (κ1) is 12.7. The van der Waals surface area contributed by atoms with Gasteiger partial charge in [-0.1, -0.05) is 0 Å². The normalized spacial score (nSPS) is 10.4. The Morgan fingerprint density at radius 1 is 1.50 bits per heavy atom. The maximum absolute atomic E-state index is 10.8. The van der Waals surface area contributed by atoms with Crippen LogP contribution in [0, 0.1) is 0 Å². The van der Waals surface area contributed by atoms with Gasteiger partial charge in [-0.3, -0.25) is 4.79 Å². The third-order valence-electron chi connectivity index (χ3n) is 2.13. The second-order valence-electron chi connectivity index (χ2n) is 3.38. The van der Waals surface area contributed by atoms with Crippen molar-refractivity contribution in [2.24, 2.45) is 0 Å². The van der Waals surface area contributed by atoms with Crippen molar-refractivity contribution >= 4 is 5.97 Å². The minimum atomic E-state index is -0.192. The van der Waals surface area contributed by atoms with Gasteiger partial charge in [-0.05, 0) is 25.1 Å². The molecule has 5 heteroatoms. The fourth-order valence-electron chi connectivity index (χ4n) is 1.27. The molecule has 0 aliphatic rings. The van der Waals surface area contributed by atoms with E-state index in [1.54, 1.807) is 6.07 Å². The third-order valence-corrected chi connectivity index (χ3v) is 2.13. The molecule has 1 rings (SSSR count). The Kier molecular flexibility index (Phi) is 5.60. The van der Waals surface area contributed by atoms with Crippen molar-refractivity contribution < 1.29 is 19.1 Å². The number of aliphatic hydroxyl groups excluding tert-OH is 1. The minimum absolute atomic E-state index is 0.0810. The highest BCUT2D eigenvalue weighted by molar-refractivity contribution is 5.69. The van der Waals surface area contributed by atoms with Crippen molar-refractivity contribution in [2.75, 3.05) is 13.7 Å². The molecule has 0 fully saturated rings. The molecule has 0 spiro atoms. The lowest BCUT2D eigenvalue weighted by molar-refractivity contribution is -0.140. The summed E-state index contributed by atoms with van der Waals surface area (Å²) in [5.41, 5.74) is 0. The summed E-state index contributed by atoms with van der Waals surface area (Å²) >= 11 is 0. The molecule has 0 saturated heterocycles. The number of methoxy groups -OCH3 is 1. The van der Waals surface area contributed by atoms with E-state index in [0.717, 1.165) is 18.7 Å². The number of carbonyl (C=O) groups excluding carboxylic acids is 1. The largest absolute Gasteiger partial charge is 0.469 e. The first-order valence-electron chi connectivity index (χ1n) is 5.22. The van der Waals surface area contributed by atoms with Gasteiger partial charge in [-0.25, -0.2) is 0 Å². The number of esters is 1. The summed E-state index contributed by atoms with van der Waals surface area (Å²) in [6.07, 6.45) is 1.16. The quantitative estimate of drug-likeness (QED) is 0.533. The van der Waals surface area contributed by atoms with Gasteiger partial charge in [0.2, 0.25) is 0 Å². The lowest BCUT2D eigenvalue weighted by Gasteiger charge is -2.01. The number of hydrogen-bond acceptors (Lipinski definition) is 5. The van der Waals surface area contributed by atoms with Crippen molar-refractivity contribution in [1.82, 2.24) is 5.32 Å². The van der Waals surface area contributed by atoms with Crippen LogP contribution >= 0.6 is 0 Å². The van der Waals surface area contributed by atoms with Crippen LogP contribution in [-0.4, -0.2) is 24.7 Å². The summed E-state index contributed by atoms with van der Waals surface area (Å²) in [5.74, 6) is 1.15. The first-order valence-corrected chi connectivity index (χ1v) is 5.22. The summed E-state index contributed by atoms with van der Waals surface area (Å²) < 4.78 is 9.80. The van der Waals surface area contributed by atoms with E-state index >= 15 is 0 Å². The number of hydrogen-bond donors (Lipinski definition) is 2. The topological polar surface area (TPSA) is 71.7 Å². The van der Waals surface area contributed by atoms with Crippen molar-refractivity contribution in [2.45, 2.75) is 26.0 Å². The molecular formula is C11H17NO4. The monoisotopic (exact) mass is 227 g/mol. The van der Waals surface area contributed by atoms with Gasteiger partial charge in [0.15, 0.2) is 0 Å². The smallest absolute Gasteiger partial charge is 0.305 e. The predicted molar refractivity (Wildman–Crippen MR) is 57.6 cm³/mol. The SMILES string of the molecule is COC(=O)CCCNCc1ccc(CO)o1. The van der Waals surface area contributed by atoms with Crippen molar-refractivity contribution in [3.05, 3.63) is 23.7 Å². The lowest BCUT2D eigenvalue weighted by Crippen LogP contribution is -2.15. The standard InChI is InChI=1S/C11H17NO4/c1-15-11(14)3-2-6-12-7-9-4-5-10(8-13)16-9/h4-5,12-13H,2-3,6-8H2,1H3. The molecule has 16 heavy (non-hydrogen) atoms. The first-order chi connectivity index (χ1) is 7.76. The number of aliphatic hydroxyl groups is 1. The van der Waals surface area contributed by atoms with Gasteiger partial charge in [-0.2, -0.15) is 0 Å². The van der Waals surface area contributed by atoms with E-state index in [0.29, 0.717) is 18.7 Å². The summed E-state index contributed by atoms with van der Waals surface area (Å²) in [4.78, 5) is 10.8. The van der Waals surface area contributed by atoms with Crippen molar-refractivity contribution in [3.8, 4) is 0 Å². The average Bonchev–Trinajstić information content (AvgIpc) is 2.76. The Labute approximate surface area is 94.4 Å².